The van der Waals surface area contributed by atoms with Crippen molar-refractivity contribution in [2.75, 3.05) is 0 Å². The molecule has 10 aromatic rings. The smallest absolute Gasteiger partial charge is 0.0551 e. The van der Waals surface area contributed by atoms with E-state index < -0.39 is 0 Å². The molecular formula is C44H27N. The molecule has 1 nitrogen and oxygen atoms in total. The van der Waals surface area contributed by atoms with Crippen LogP contribution in [0.1, 0.15) is 0 Å². The second-order valence-electron chi connectivity index (χ2n) is 12.1. The lowest BCUT2D eigenvalue weighted by atomic mass is 9.85. The minimum Gasteiger partial charge on any atom is -0.354 e. The van der Waals surface area contributed by atoms with Crippen molar-refractivity contribution in [3.8, 4) is 22.3 Å². The Kier molecular flexibility index (Phi) is 5.06. The summed E-state index contributed by atoms with van der Waals surface area (Å²) in [5.41, 5.74) is 7.41. The number of aromatic amines is 1. The zero-order valence-electron chi connectivity index (χ0n) is 24.5. The molecule has 45 heavy (non-hydrogen) atoms. The van der Waals surface area contributed by atoms with E-state index >= 15 is 0 Å². The number of fused-ring (bicyclic) bond motifs is 11. The molecule has 1 aromatic heterocycles. The molecule has 0 saturated heterocycles. The van der Waals surface area contributed by atoms with Crippen LogP contribution < -0.4 is 0 Å². The number of hydrogen-bond acceptors (Lipinski definition) is 0. The molecule has 0 amide bonds. The Hall–Kier alpha value is -5.92. The van der Waals surface area contributed by atoms with Gasteiger partial charge in [0.1, 0.15) is 0 Å². The zero-order chi connectivity index (χ0) is 29.5. The second kappa shape index (κ2) is 9.29. The number of H-pyrrole nitrogens is 1. The maximum absolute atomic E-state index is 3.87. The average Bonchev–Trinajstić information content (AvgIpc) is 3.50. The number of nitrogens with one attached hydrogen (secondary N) is 1. The van der Waals surface area contributed by atoms with Gasteiger partial charge in [-0.3, -0.25) is 0 Å². The van der Waals surface area contributed by atoms with Crippen molar-refractivity contribution in [3.63, 3.8) is 0 Å². The first-order chi connectivity index (χ1) is 22.3. The fourth-order valence-electron chi connectivity index (χ4n) is 7.80. The summed E-state index contributed by atoms with van der Waals surface area (Å²) in [6.45, 7) is 0. The Morgan fingerprint density at radius 2 is 0.778 bits per heavy atom. The van der Waals surface area contributed by atoms with E-state index in [9.17, 15) is 0 Å². The molecule has 1 heterocycles. The van der Waals surface area contributed by atoms with Crippen molar-refractivity contribution in [3.05, 3.63) is 158 Å². The lowest BCUT2D eigenvalue weighted by Gasteiger charge is -2.18. The van der Waals surface area contributed by atoms with Gasteiger partial charge in [0.25, 0.3) is 0 Å². The summed E-state index contributed by atoms with van der Waals surface area (Å²) in [6.07, 6.45) is 0. The van der Waals surface area contributed by atoms with E-state index in [0.717, 1.165) is 5.52 Å². The maximum Gasteiger partial charge on any atom is 0.0551 e. The van der Waals surface area contributed by atoms with Crippen LogP contribution in [-0.2, 0) is 0 Å². The largest absolute Gasteiger partial charge is 0.354 e. The van der Waals surface area contributed by atoms with E-state index in [0.29, 0.717) is 0 Å². The Morgan fingerprint density at radius 1 is 0.311 bits per heavy atom. The monoisotopic (exact) mass is 569 g/mol. The highest BCUT2D eigenvalue weighted by atomic mass is 14.7. The van der Waals surface area contributed by atoms with Crippen LogP contribution in [0.25, 0.3) is 97.9 Å². The Bertz CT molecular complexity index is 2760. The van der Waals surface area contributed by atoms with Gasteiger partial charge in [0.15, 0.2) is 0 Å². The van der Waals surface area contributed by atoms with Gasteiger partial charge in [0.2, 0.25) is 0 Å². The summed E-state index contributed by atoms with van der Waals surface area (Å²) in [5.74, 6) is 0. The highest BCUT2D eigenvalue weighted by Gasteiger charge is 2.19. The van der Waals surface area contributed by atoms with Crippen LogP contribution in [0.5, 0.6) is 0 Å². The summed E-state index contributed by atoms with van der Waals surface area (Å²) in [7, 11) is 0. The first-order valence-electron chi connectivity index (χ1n) is 15.6. The van der Waals surface area contributed by atoms with E-state index in [-0.39, 0.29) is 0 Å². The van der Waals surface area contributed by atoms with Gasteiger partial charge < -0.3 is 4.98 Å². The highest BCUT2D eigenvalue weighted by molar-refractivity contribution is 6.31. The summed E-state index contributed by atoms with van der Waals surface area (Å²) >= 11 is 0. The van der Waals surface area contributed by atoms with Gasteiger partial charge in [-0.25, -0.2) is 0 Å². The van der Waals surface area contributed by atoms with E-state index in [1.54, 1.807) is 0 Å². The molecule has 0 aliphatic rings. The predicted molar refractivity (Wildman–Crippen MR) is 194 cm³/mol. The molecule has 1 heteroatoms. The molecule has 208 valence electrons. The average molecular weight is 570 g/mol. The van der Waals surface area contributed by atoms with Crippen LogP contribution >= 0.6 is 0 Å². The van der Waals surface area contributed by atoms with Crippen molar-refractivity contribution in [2.45, 2.75) is 0 Å². The number of benzene rings is 9. The molecule has 10 rings (SSSR count). The summed E-state index contributed by atoms with van der Waals surface area (Å²) in [4.78, 5) is 3.87. The van der Waals surface area contributed by atoms with Crippen LogP contribution in [-0.4, -0.2) is 4.98 Å². The lowest BCUT2D eigenvalue weighted by Crippen LogP contribution is -1.91. The van der Waals surface area contributed by atoms with Gasteiger partial charge in [0.05, 0.1) is 5.52 Å². The van der Waals surface area contributed by atoms with Gasteiger partial charge in [-0.2, -0.15) is 0 Å². The van der Waals surface area contributed by atoms with Crippen LogP contribution in [0.15, 0.2) is 158 Å². The van der Waals surface area contributed by atoms with Crippen LogP contribution in [0.3, 0.4) is 0 Å². The van der Waals surface area contributed by atoms with Crippen LogP contribution in [0.2, 0.25) is 0 Å². The van der Waals surface area contributed by atoms with E-state index in [4.69, 9.17) is 0 Å². The molecule has 0 radical (unpaired) electrons. The summed E-state index contributed by atoms with van der Waals surface area (Å²) in [5, 5.41) is 15.3. The number of hydrogen-bond donors (Lipinski definition) is 1. The summed E-state index contributed by atoms with van der Waals surface area (Å²) < 4.78 is 0. The first kappa shape index (κ1) is 24.5. The minimum atomic E-state index is 1.16. The lowest BCUT2D eigenvalue weighted by molar-refractivity contribution is 1.56. The topological polar surface area (TPSA) is 15.8 Å². The standard InChI is InChI=1S/C44H27N/c1-2-12-28-25-29(22-21-27(28)11-1)41-34-16-6-8-18-36(34)42(37-19-9-7-17-35(37)41)30-23-24-39-40(26-30)45-44-38-20-10-4-14-32(38)31-13-3-5-15-33(31)43(39)44/h1-26,45H. The van der Waals surface area contributed by atoms with Crippen molar-refractivity contribution in [2.24, 2.45) is 0 Å². The molecule has 0 unspecified atom stereocenters. The Balaban J connectivity index is 1.29. The third kappa shape index (κ3) is 3.50. The van der Waals surface area contributed by atoms with Crippen molar-refractivity contribution < 1.29 is 0 Å². The molecule has 0 saturated carbocycles. The third-order valence-electron chi connectivity index (χ3n) is 9.74. The molecular weight excluding hydrogens is 542 g/mol. The third-order valence-corrected chi connectivity index (χ3v) is 9.74. The van der Waals surface area contributed by atoms with E-state index in [1.165, 1.54) is 92.4 Å². The predicted octanol–water partition coefficient (Wildman–Crippen LogP) is 12.4. The molecule has 0 fully saturated rings. The van der Waals surface area contributed by atoms with Crippen molar-refractivity contribution >= 4 is 75.7 Å². The maximum atomic E-state index is 3.87. The number of aromatic nitrogens is 1. The van der Waals surface area contributed by atoms with Gasteiger partial charge in [-0.05, 0) is 82.9 Å². The molecule has 0 aliphatic heterocycles. The fraction of sp³-hybridized carbons (Fsp3) is 0. The van der Waals surface area contributed by atoms with Crippen molar-refractivity contribution in [1.82, 2.24) is 4.98 Å². The second-order valence-corrected chi connectivity index (χ2v) is 12.1. The van der Waals surface area contributed by atoms with Gasteiger partial charge in [-0.1, -0.05) is 146 Å². The molecule has 0 spiro atoms. The zero-order valence-corrected chi connectivity index (χ0v) is 24.5. The van der Waals surface area contributed by atoms with Crippen LogP contribution in [0.4, 0.5) is 0 Å². The normalized spacial score (nSPS) is 12.0. The molecule has 0 atom stereocenters. The van der Waals surface area contributed by atoms with Gasteiger partial charge in [0, 0.05) is 21.7 Å². The molecule has 0 bridgehead atoms. The Labute approximate surface area is 260 Å². The van der Waals surface area contributed by atoms with Crippen LogP contribution in [0, 0.1) is 0 Å². The summed E-state index contributed by atoms with van der Waals surface area (Å²) in [6, 6.07) is 57.9. The first-order valence-corrected chi connectivity index (χ1v) is 15.6. The van der Waals surface area contributed by atoms with Gasteiger partial charge in [-0.15, -0.1) is 0 Å². The molecule has 9 aromatic carbocycles. The molecule has 1 N–H and O–H groups in total. The molecule has 0 aliphatic carbocycles. The van der Waals surface area contributed by atoms with E-state index in [1.807, 2.05) is 0 Å². The Morgan fingerprint density at radius 3 is 1.42 bits per heavy atom. The quantitative estimate of drug-likeness (QED) is 0.157. The SMILES string of the molecule is c1ccc2cc(-c3c4ccccc4c(-c4ccc5c(c4)[nH]c4c6ccccc6c6ccccc6c54)c4ccccc34)ccc2c1. The van der Waals surface area contributed by atoms with E-state index in [2.05, 4.69) is 163 Å². The minimum absolute atomic E-state index is 1.16. The van der Waals surface area contributed by atoms with Gasteiger partial charge >= 0.3 is 0 Å². The number of rotatable bonds is 2. The fourth-order valence-corrected chi connectivity index (χ4v) is 7.80. The highest BCUT2D eigenvalue weighted by Crippen LogP contribution is 2.45. The van der Waals surface area contributed by atoms with Crippen molar-refractivity contribution in [1.29, 1.82) is 0 Å².